The summed E-state index contributed by atoms with van der Waals surface area (Å²) in [6, 6.07) is 13.3. The smallest absolute Gasteiger partial charge is 0.159 e. The van der Waals surface area contributed by atoms with Crippen molar-refractivity contribution >= 4 is 11.8 Å². The highest BCUT2D eigenvalue weighted by Gasteiger charge is 2.19. The highest BCUT2D eigenvalue weighted by molar-refractivity contribution is 5.65. The quantitative estimate of drug-likeness (QED) is 0.811. The van der Waals surface area contributed by atoms with Crippen LogP contribution < -0.4 is 10.1 Å². The Labute approximate surface area is 160 Å². The average molecular weight is 366 g/mol. The van der Waals surface area contributed by atoms with Gasteiger partial charge in [0.25, 0.3) is 0 Å². The van der Waals surface area contributed by atoms with Gasteiger partial charge in [-0.25, -0.2) is 4.39 Å². The van der Waals surface area contributed by atoms with E-state index in [1.54, 1.807) is 12.1 Å². The number of fused-ring (bicyclic) bond motifs is 1. The summed E-state index contributed by atoms with van der Waals surface area (Å²) in [5.74, 6) is 1.50. The van der Waals surface area contributed by atoms with Gasteiger partial charge in [0, 0.05) is 6.54 Å². The summed E-state index contributed by atoms with van der Waals surface area (Å²) in [6.45, 7) is 6.05. The van der Waals surface area contributed by atoms with Crippen LogP contribution in [0, 0.1) is 11.7 Å². The number of hydrogen-bond acceptors (Lipinski definition) is 3. The predicted molar refractivity (Wildman–Crippen MR) is 108 cm³/mol. The molecule has 2 aromatic carbocycles. The Balaban J connectivity index is 1.27. The second kappa shape index (κ2) is 8.13. The van der Waals surface area contributed by atoms with E-state index in [1.807, 2.05) is 12.1 Å². The summed E-state index contributed by atoms with van der Waals surface area (Å²) in [4.78, 5) is 2.54. The number of piperidine rings is 1. The van der Waals surface area contributed by atoms with Crippen molar-refractivity contribution in [3.63, 3.8) is 0 Å². The summed E-state index contributed by atoms with van der Waals surface area (Å²) in [6.07, 6.45) is 5.74. The summed E-state index contributed by atoms with van der Waals surface area (Å²) >= 11 is 0. The minimum Gasteiger partial charge on any atom is -0.471 e. The molecule has 0 aliphatic carbocycles. The molecule has 0 unspecified atom stereocenters. The van der Waals surface area contributed by atoms with E-state index in [4.69, 9.17) is 4.74 Å². The third kappa shape index (κ3) is 4.69. The first-order valence-electron chi connectivity index (χ1n) is 9.80. The van der Waals surface area contributed by atoms with Crippen molar-refractivity contribution in [2.24, 2.45) is 5.92 Å². The lowest BCUT2D eigenvalue weighted by molar-refractivity contribution is 0.197. The number of nitrogens with zero attached hydrogens (tertiary/aromatic N) is 1. The highest BCUT2D eigenvalue weighted by atomic mass is 19.1. The molecule has 0 aromatic heterocycles. The molecule has 0 spiro atoms. The van der Waals surface area contributed by atoms with Gasteiger partial charge in [0.2, 0.25) is 0 Å². The molecule has 2 aliphatic heterocycles. The molecular formula is C23H27FN2O. The van der Waals surface area contributed by atoms with Gasteiger partial charge < -0.3 is 10.1 Å². The molecule has 0 atom stereocenters. The number of hydrogen-bond donors (Lipinski definition) is 1. The molecule has 27 heavy (non-hydrogen) atoms. The van der Waals surface area contributed by atoms with Crippen LogP contribution in [-0.2, 0) is 6.42 Å². The number of rotatable bonds is 5. The van der Waals surface area contributed by atoms with Crippen molar-refractivity contribution in [2.75, 3.05) is 31.7 Å². The maximum Gasteiger partial charge on any atom is 0.159 e. The van der Waals surface area contributed by atoms with Gasteiger partial charge in [0.05, 0.1) is 5.69 Å². The van der Waals surface area contributed by atoms with E-state index in [0.717, 1.165) is 37.5 Å². The molecule has 0 bridgehead atoms. The Morgan fingerprint density at radius 3 is 2.74 bits per heavy atom. The van der Waals surface area contributed by atoms with Crippen molar-refractivity contribution in [2.45, 2.75) is 26.2 Å². The molecule has 4 heteroatoms. The first-order valence-corrected chi connectivity index (χ1v) is 9.80. The van der Waals surface area contributed by atoms with E-state index in [1.165, 1.54) is 29.5 Å². The van der Waals surface area contributed by atoms with Crippen LogP contribution in [0.15, 0.2) is 48.0 Å². The largest absolute Gasteiger partial charge is 0.471 e. The lowest BCUT2D eigenvalue weighted by Gasteiger charge is -2.32. The first-order chi connectivity index (χ1) is 13.2. The van der Waals surface area contributed by atoms with Crippen LogP contribution in [0.3, 0.4) is 0 Å². The van der Waals surface area contributed by atoms with E-state index in [9.17, 15) is 4.39 Å². The second-order valence-corrected chi connectivity index (χ2v) is 7.76. The molecule has 1 saturated heterocycles. The summed E-state index contributed by atoms with van der Waals surface area (Å²) in [5.41, 5.74) is 4.89. The average Bonchev–Trinajstić information content (AvgIpc) is 3.13. The Morgan fingerprint density at radius 2 is 1.96 bits per heavy atom. The zero-order valence-electron chi connectivity index (χ0n) is 15.9. The number of anilines is 1. The predicted octanol–water partition coefficient (Wildman–Crippen LogP) is 4.95. The molecule has 0 saturated carbocycles. The van der Waals surface area contributed by atoms with Crippen LogP contribution in [0.1, 0.15) is 30.9 Å². The van der Waals surface area contributed by atoms with Crippen LogP contribution in [0.4, 0.5) is 10.1 Å². The monoisotopic (exact) mass is 366 g/mol. The number of benzene rings is 2. The zero-order chi connectivity index (χ0) is 18.6. The second-order valence-electron chi connectivity index (χ2n) is 7.76. The maximum atomic E-state index is 13.0. The zero-order valence-corrected chi connectivity index (χ0v) is 15.9. The Kier molecular flexibility index (Phi) is 5.44. The normalized spacial score (nSPS) is 18.1. The lowest BCUT2D eigenvalue weighted by Crippen LogP contribution is -2.35. The molecule has 0 amide bonds. The molecule has 2 aromatic rings. The minimum absolute atomic E-state index is 0.151. The minimum atomic E-state index is -0.151. The molecule has 2 heterocycles. The fourth-order valence-electron chi connectivity index (χ4n) is 4.07. The topological polar surface area (TPSA) is 24.5 Å². The van der Waals surface area contributed by atoms with Crippen LogP contribution in [0.2, 0.25) is 0 Å². The number of ether oxygens (including phenoxy) is 1. The van der Waals surface area contributed by atoms with Gasteiger partial charge in [0.1, 0.15) is 11.6 Å². The van der Waals surface area contributed by atoms with Crippen LogP contribution >= 0.6 is 0 Å². The van der Waals surface area contributed by atoms with Crippen LogP contribution in [0.5, 0.6) is 5.75 Å². The summed E-state index contributed by atoms with van der Waals surface area (Å²) < 4.78 is 18.6. The first kappa shape index (κ1) is 18.1. The van der Waals surface area contributed by atoms with Gasteiger partial charge in [-0.3, -0.25) is 4.90 Å². The number of nitrogens with one attached hydrogen (secondary N) is 1. The van der Waals surface area contributed by atoms with E-state index in [2.05, 4.69) is 41.4 Å². The van der Waals surface area contributed by atoms with Crippen molar-refractivity contribution in [3.8, 4) is 5.75 Å². The van der Waals surface area contributed by atoms with Crippen molar-refractivity contribution < 1.29 is 9.13 Å². The number of likely N-dealkylation sites (tertiary alicyclic amines) is 1. The molecule has 3 nitrogen and oxygen atoms in total. The third-order valence-corrected chi connectivity index (χ3v) is 5.53. The van der Waals surface area contributed by atoms with E-state index >= 15 is 0 Å². The molecular weight excluding hydrogens is 339 g/mol. The van der Waals surface area contributed by atoms with Crippen molar-refractivity contribution in [1.82, 2.24) is 4.90 Å². The Hall–Kier alpha value is -2.33. The summed E-state index contributed by atoms with van der Waals surface area (Å²) in [5, 5.41) is 3.20. The summed E-state index contributed by atoms with van der Waals surface area (Å²) in [7, 11) is 0. The Bertz CT molecular complexity index is 808. The molecule has 1 N–H and O–H groups in total. The van der Waals surface area contributed by atoms with Gasteiger partial charge in [0.15, 0.2) is 6.73 Å². The third-order valence-electron chi connectivity index (χ3n) is 5.53. The van der Waals surface area contributed by atoms with Gasteiger partial charge in [-0.1, -0.05) is 29.8 Å². The molecule has 142 valence electrons. The molecule has 0 radical (unpaired) electrons. The van der Waals surface area contributed by atoms with Gasteiger partial charge in [-0.05, 0) is 80.6 Å². The molecule has 1 fully saturated rings. The van der Waals surface area contributed by atoms with E-state index in [0.29, 0.717) is 12.6 Å². The van der Waals surface area contributed by atoms with Crippen molar-refractivity contribution in [3.05, 3.63) is 65.0 Å². The number of halogens is 1. The maximum absolute atomic E-state index is 13.0. The standard InChI is InChI=1S/C23H27FN2O/c1-17(12-20-4-7-22-23(14-20)27-16-25-22)15-26-10-8-19(9-11-26)13-18-2-5-21(24)6-3-18/h2-7,12,14,19,25H,8-11,13,15-16H2,1H3. The van der Waals surface area contributed by atoms with Gasteiger partial charge >= 0.3 is 0 Å². The van der Waals surface area contributed by atoms with Crippen LogP contribution in [-0.4, -0.2) is 31.3 Å². The van der Waals surface area contributed by atoms with E-state index < -0.39 is 0 Å². The van der Waals surface area contributed by atoms with Crippen molar-refractivity contribution in [1.29, 1.82) is 0 Å². The highest BCUT2D eigenvalue weighted by Crippen LogP contribution is 2.30. The SMILES string of the molecule is CC(=Cc1ccc2c(c1)OCN2)CN1CCC(Cc2ccc(F)cc2)CC1. The Morgan fingerprint density at radius 1 is 1.19 bits per heavy atom. The van der Waals surface area contributed by atoms with E-state index in [-0.39, 0.29) is 5.82 Å². The van der Waals surface area contributed by atoms with Gasteiger partial charge in [-0.2, -0.15) is 0 Å². The molecule has 4 rings (SSSR count). The fraction of sp³-hybridized carbons (Fsp3) is 0.391. The fourth-order valence-corrected chi connectivity index (χ4v) is 4.07. The lowest BCUT2D eigenvalue weighted by atomic mass is 9.90. The van der Waals surface area contributed by atoms with Crippen LogP contribution in [0.25, 0.3) is 6.08 Å². The van der Waals surface area contributed by atoms with Gasteiger partial charge in [-0.15, -0.1) is 0 Å². The molecule has 2 aliphatic rings.